The van der Waals surface area contributed by atoms with E-state index < -0.39 is 0 Å². The van der Waals surface area contributed by atoms with Gasteiger partial charge < -0.3 is 10.2 Å². The van der Waals surface area contributed by atoms with Crippen LogP contribution in [0.5, 0.6) is 0 Å². The first-order valence-electron chi connectivity index (χ1n) is 6.73. The molecule has 0 bridgehead atoms. The van der Waals surface area contributed by atoms with Crippen molar-refractivity contribution in [3.63, 3.8) is 0 Å². The topological polar surface area (TPSA) is 32.3 Å². The largest absolute Gasteiger partial charge is 0.345 e. The second-order valence-corrected chi connectivity index (χ2v) is 5.41. The van der Waals surface area contributed by atoms with Crippen molar-refractivity contribution in [2.24, 2.45) is 11.8 Å². The monoisotopic (exact) mass is 224 g/mol. The van der Waals surface area contributed by atoms with Crippen LogP contribution in [0.4, 0.5) is 0 Å². The van der Waals surface area contributed by atoms with Crippen LogP contribution >= 0.6 is 0 Å². The third-order valence-electron chi connectivity index (χ3n) is 4.04. The lowest BCUT2D eigenvalue weighted by atomic mass is 9.89. The Kier molecular flexibility index (Phi) is 4.22. The van der Waals surface area contributed by atoms with E-state index in [0.717, 1.165) is 32.0 Å². The fourth-order valence-corrected chi connectivity index (χ4v) is 3.02. The Balaban J connectivity index is 1.77. The fourth-order valence-electron chi connectivity index (χ4n) is 3.02. The van der Waals surface area contributed by atoms with Crippen LogP contribution in [0.1, 0.15) is 38.5 Å². The number of nitrogens with one attached hydrogen (secondary N) is 1. The summed E-state index contributed by atoms with van der Waals surface area (Å²) in [5.74, 6) is 1.36. The van der Waals surface area contributed by atoms with E-state index in [1.807, 2.05) is 11.9 Å². The van der Waals surface area contributed by atoms with Crippen LogP contribution < -0.4 is 5.32 Å². The smallest absolute Gasteiger partial charge is 0.226 e. The molecule has 1 aliphatic heterocycles. The molecule has 3 heteroatoms. The number of nitrogens with zero attached hydrogens (tertiary/aromatic N) is 1. The molecule has 3 nitrogen and oxygen atoms in total. The van der Waals surface area contributed by atoms with E-state index in [0.29, 0.717) is 5.91 Å². The zero-order valence-electron chi connectivity index (χ0n) is 10.4. The summed E-state index contributed by atoms with van der Waals surface area (Å²) in [5, 5.41) is 3.26. The highest BCUT2D eigenvalue weighted by Crippen LogP contribution is 2.24. The van der Waals surface area contributed by atoms with E-state index in [2.05, 4.69) is 5.32 Å². The molecule has 0 aromatic carbocycles. The second kappa shape index (κ2) is 5.67. The predicted molar refractivity (Wildman–Crippen MR) is 65.2 cm³/mol. The minimum absolute atomic E-state index is 0.244. The van der Waals surface area contributed by atoms with Gasteiger partial charge >= 0.3 is 0 Å². The zero-order valence-corrected chi connectivity index (χ0v) is 10.4. The van der Waals surface area contributed by atoms with Crippen molar-refractivity contribution in [2.75, 3.05) is 26.7 Å². The van der Waals surface area contributed by atoms with Crippen molar-refractivity contribution in [1.29, 1.82) is 0 Å². The van der Waals surface area contributed by atoms with Gasteiger partial charge in [-0.1, -0.05) is 19.3 Å². The molecule has 1 unspecified atom stereocenters. The molecule has 0 radical (unpaired) electrons. The zero-order chi connectivity index (χ0) is 11.4. The summed E-state index contributed by atoms with van der Waals surface area (Å²) in [6.45, 7) is 2.87. The summed E-state index contributed by atoms with van der Waals surface area (Å²) in [7, 11) is 1.98. The van der Waals surface area contributed by atoms with E-state index in [-0.39, 0.29) is 5.92 Å². The summed E-state index contributed by atoms with van der Waals surface area (Å²) in [4.78, 5) is 14.1. The van der Waals surface area contributed by atoms with E-state index in [1.165, 1.54) is 32.1 Å². The van der Waals surface area contributed by atoms with Crippen LogP contribution in [0.25, 0.3) is 0 Å². The molecule has 2 aliphatic rings. The standard InChI is InChI=1S/C13H24N2O/c1-15(10-11-5-3-2-4-6-11)13(16)12-7-8-14-9-12/h11-12,14H,2-10H2,1H3. The Morgan fingerprint density at radius 2 is 2.00 bits per heavy atom. The van der Waals surface area contributed by atoms with Crippen LogP contribution in [0, 0.1) is 11.8 Å². The molecular weight excluding hydrogens is 200 g/mol. The van der Waals surface area contributed by atoms with Crippen molar-refractivity contribution in [3.8, 4) is 0 Å². The highest BCUT2D eigenvalue weighted by molar-refractivity contribution is 5.79. The predicted octanol–water partition coefficient (Wildman–Crippen LogP) is 1.63. The highest BCUT2D eigenvalue weighted by Gasteiger charge is 2.26. The van der Waals surface area contributed by atoms with Gasteiger partial charge in [0, 0.05) is 20.1 Å². The number of carbonyl (C=O) groups is 1. The Bertz CT molecular complexity index is 230. The lowest BCUT2D eigenvalue weighted by Gasteiger charge is -2.28. The Hall–Kier alpha value is -0.570. The van der Waals surface area contributed by atoms with Crippen LogP contribution in [0.15, 0.2) is 0 Å². The molecule has 1 atom stereocenters. The van der Waals surface area contributed by atoms with Gasteiger partial charge in [-0.25, -0.2) is 0 Å². The molecule has 0 aromatic heterocycles. The molecule has 2 rings (SSSR count). The number of hydrogen-bond acceptors (Lipinski definition) is 2. The summed E-state index contributed by atoms with van der Waals surface area (Å²) in [6, 6.07) is 0. The Morgan fingerprint density at radius 1 is 1.25 bits per heavy atom. The van der Waals surface area contributed by atoms with E-state index in [9.17, 15) is 4.79 Å². The first-order valence-corrected chi connectivity index (χ1v) is 6.73. The molecule has 92 valence electrons. The van der Waals surface area contributed by atoms with Crippen LogP contribution in [-0.4, -0.2) is 37.5 Å². The van der Waals surface area contributed by atoms with Crippen LogP contribution in [0.2, 0.25) is 0 Å². The van der Waals surface area contributed by atoms with Crippen molar-refractivity contribution in [1.82, 2.24) is 10.2 Å². The van der Waals surface area contributed by atoms with Gasteiger partial charge in [0.2, 0.25) is 5.91 Å². The molecule has 0 spiro atoms. The van der Waals surface area contributed by atoms with Gasteiger partial charge in [-0.05, 0) is 31.7 Å². The number of amides is 1. The third-order valence-corrected chi connectivity index (χ3v) is 4.04. The first kappa shape index (κ1) is 11.9. The molecule has 1 saturated carbocycles. The van der Waals surface area contributed by atoms with Gasteiger partial charge in [0.1, 0.15) is 0 Å². The van der Waals surface area contributed by atoms with Crippen molar-refractivity contribution < 1.29 is 4.79 Å². The van der Waals surface area contributed by atoms with Gasteiger partial charge in [0.15, 0.2) is 0 Å². The maximum Gasteiger partial charge on any atom is 0.226 e. The molecule has 2 fully saturated rings. The number of carbonyl (C=O) groups excluding carboxylic acids is 1. The first-order chi connectivity index (χ1) is 7.77. The lowest BCUT2D eigenvalue weighted by Crippen LogP contribution is -2.37. The molecule has 1 amide bonds. The van der Waals surface area contributed by atoms with E-state index in [1.54, 1.807) is 0 Å². The number of rotatable bonds is 3. The van der Waals surface area contributed by atoms with Crippen LogP contribution in [0.3, 0.4) is 0 Å². The highest BCUT2D eigenvalue weighted by atomic mass is 16.2. The summed E-state index contributed by atoms with van der Waals surface area (Å²) in [5.41, 5.74) is 0. The van der Waals surface area contributed by atoms with Gasteiger partial charge in [0.25, 0.3) is 0 Å². The molecule has 1 aliphatic carbocycles. The quantitative estimate of drug-likeness (QED) is 0.790. The van der Waals surface area contributed by atoms with Crippen molar-refractivity contribution >= 4 is 5.91 Å². The minimum atomic E-state index is 0.244. The Morgan fingerprint density at radius 3 is 2.62 bits per heavy atom. The van der Waals surface area contributed by atoms with Crippen LogP contribution in [-0.2, 0) is 4.79 Å². The van der Waals surface area contributed by atoms with Gasteiger partial charge in [-0.2, -0.15) is 0 Å². The van der Waals surface area contributed by atoms with Gasteiger partial charge in [0.05, 0.1) is 5.92 Å². The minimum Gasteiger partial charge on any atom is -0.345 e. The molecule has 1 heterocycles. The maximum atomic E-state index is 12.1. The normalized spacial score (nSPS) is 26.9. The third kappa shape index (κ3) is 2.97. The average Bonchev–Trinajstić information content (AvgIpc) is 2.83. The molecule has 0 aromatic rings. The average molecular weight is 224 g/mol. The molecule has 16 heavy (non-hydrogen) atoms. The molecule has 1 saturated heterocycles. The SMILES string of the molecule is CN(CC1CCCCC1)C(=O)C1CCNC1. The van der Waals surface area contributed by atoms with E-state index in [4.69, 9.17) is 0 Å². The van der Waals surface area contributed by atoms with E-state index >= 15 is 0 Å². The fraction of sp³-hybridized carbons (Fsp3) is 0.923. The summed E-state index contributed by atoms with van der Waals surface area (Å²) in [6.07, 6.45) is 7.77. The van der Waals surface area contributed by atoms with Gasteiger partial charge in [-0.15, -0.1) is 0 Å². The maximum absolute atomic E-state index is 12.1. The number of hydrogen-bond donors (Lipinski definition) is 1. The lowest BCUT2D eigenvalue weighted by molar-refractivity contribution is -0.134. The molecular formula is C13H24N2O. The summed E-state index contributed by atoms with van der Waals surface area (Å²) >= 11 is 0. The van der Waals surface area contributed by atoms with Crippen molar-refractivity contribution in [2.45, 2.75) is 38.5 Å². The Labute approximate surface area is 98.6 Å². The second-order valence-electron chi connectivity index (χ2n) is 5.41. The van der Waals surface area contributed by atoms with Gasteiger partial charge in [-0.3, -0.25) is 4.79 Å². The molecule has 1 N–H and O–H groups in total. The van der Waals surface area contributed by atoms with Crippen molar-refractivity contribution in [3.05, 3.63) is 0 Å². The summed E-state index contributed by atoms with van der Waals surface area (Å²) < 4.78 is 0.